The summed E-state index contributed by atoms with van der Waals surface area (Å²) in [5.41, 5.74) is 0. The maximum absolute atomic E-state index is 12.3. The van der Waals surface area contributed by atoms with E-state index in [1.54, 1.807) is 0 Å². The van der Waals surface area contributed by atoms with E-state index in [1.807, 2.05) is 0 Å². The number of carbonyl (C=O) groups is 2. The summed E-state index contributed by atoms with van der Waals surface area (Å²) >= 11 is 0. The molecule has 0 aliphatic heterocycles. The lowest BCUT2D eigenvalue weighted by molar-refractivity contribution is -0.161. The van der Waals surface area contributed by atoms with Crippen LogP contribution in [-0.4, -0.2) is 41.0 Å². The largest absolute Gasteiger partial charge is 0.469 e. The number of esters is 2. The second-order valence-corrected chi connectivity index (χ2v) is 13.4. The monoisotopic (exact) mass is 646 g/mol. The average molecular weight is 647 g/mol. The van der Waals surface area contributed by atoms with Crippen LogP contribution >= 0.6 is 7.82 Å². The quantitative estimate of drug-likeness (QED) is 0.0313. The van der Waals surface area contributed by atoms with Gasteiger partial charge in [0.15, 0.2) is 6.10 Å². The van der Waals surface area contributed by atoms with E-state index < -0.39 is 32.5 Å². The van der Waals surface area contributed by atoms with Crippen LogP contribution in [0.25, 0.3) is 0 Å². The Balaban J connectivity index is 3.98. The van der Waals surface area contributed by atoms with Gasteiger partial charge in [0.25, 0.3) is 0 Å². The SMILES string of the molecule is CCCCCCCC/C=C\CCCCCCCC(=O)O[C@H](COC(=O)CCCCCCCCCCCCC)COP(=O)(O)O. The van der Waals surface area contributed by atoms with Crippen LogP contribution in [0.1, 0.15) is 181 Å². The highest BCUT2D eigenvalue weighted by molar-refractivity contribution is 7.46. The van der Waals surface area contributed by atoms with Gasteiger partial charge in [0.05, 0.1) is 6.61 Å². The molecule has 0 aromatic rings. The second kappa shape index (κ2) is 31.8. The number of allylic oxidation sites excluding steroid dienone is 2. The van der Waals surface area contributed by atoms with Crippen molar-refractivity contribution in [3.63, 3.8) is 0 Å². The molecule has 0 spiro atoms. The number of ether oxygens (including phenoxy) is 2. The van der Waals surface area contributed by atoms with E-state index in [4.69, 9.17) is 19.3 Å². The molecular weight excluding hydrogens is 579 g/mol. The molecule has 260 valence electrons. The van der Waals surface area contributed by atoms with E-state index in [0.29, 0.717) is 6.42 Å². The van der Waals surface area contributed by atoms with Gasteiger partial charge in [0.1, 0.15) is 6.61 Å². The standard InChI is InChI=1S/C35H67O8P/c1-3-5-7-9-11-13-15-16-17-18-20-22-24-26-28-30-35(37)43-33(32-42-44(38,39)40)31-41-34(36)29-27-25-23-21-19-14-12-10-8-6-4-2/h16-17,33H,3-15,18-32H2,1-2H3,(H2,38,39,40)/b17-16-/t33-/m1/s1. The Kier molecular flexibility index (Phi) is 30.9. The number of hydrogen-bond donors (Lipinski definition) is 2. The smallest absolute Gasteiger partial charge is 0.462 e. The molecule has 0 amide bonds. The average Bonchev–Trinajstić information content (AvgIpc) is 2.98. The van der Waals surface area contributed by atoms with E-state index in [2.05, 4.69) is 30.5 Å². The minimum absolute atomic E-state index is 0.206. The van der Waals surface area contributed by atoms with Crippen molar-refractivity contribution in [1.82, 2.24) is 0 Å². The van der Waals surface area contributed by atoms with Crippen molar-refractivity contribution in [1.29, 1.82) is 0 Å². The van der Waals surface area contributed by atoms with Gasteiger partial charge in [-0.2, -0.15) is 0 Å². The molecule has 44 heavy (non-hydrogen) atoms. The molecule has 0 bridgehead atoms. The highest BCUT2D eigenvalue weighted by Gasteiger charge is 2.22. The predicted octanol–water partition coefficient (Wildman–Crippen LogP) is 10.3. The fourth-order valence-corrected chi connectivity index (χ4v) is 5.43. The predicted molar refractivity (Wildman–Crippen MR) is 179 cm³/mol. The van der Waals surface area contributed by atoms with Crippen LogP contribution in [0.3, 0.4) is 0 Å². The Morgan fingerprint density at radius 2 is 0.955 bits per heavy atom. The van der Waals surface area contributed by atoms with E-state index in [-0.39, 0.29) is 19.4 Å². The molecule has 2 N–H and O–H groups in total. The van der Waals surface area contributed by atoms with Crippen molar-refractivity contribution >= 4 is 19.8 Å². The molecule has 0 aliphatic rings. The molecule has 0 aliphatic carbocycles. The zero-order chi connectivity index (χ0) is 32.6. The molecular formula is C35H67O8P. The van der Waals surface area contributed by atoms with Crippen LogP contribution in [0.2, 0.25) is 0 Å². The van der Waals surface area contributed by atoms with Crippen LogP contribution in [0, 0.1) is 0 Å². The minimum atomic E-state index is -4.74. The summed E-state index contributed by atoms with van der Waals surface area (Å²) in [6.07, 6.45) is 32.2. The summed E-state index contributed by atoms with van der Waals surface area (Å²) in [6, 6.07) is 0. The molecule has 1 atom stereocenters. The van der Waals surface area contributed by atoms with Crippen LogP contribution in [0.15, 0.2) is 12.2 Å². The molecule has 0 rings (SSSR count). The van der Waals surface area contributed by atoms with E-state index in [9.17, 15) is 14.2 Å². The first-order chi connectivity index (χ1) is 21.3. The molecule has 0 heterocycles. The number of rotatable bonds is 33. The van der Waals surface area contributed by atoms with Crippen molar-refractivity contribution in [3.8, 4) is 0 Å². The summed E-state index contributed by atoms with van der Waals surface area (Å²) in [7, 11) is -4.74. The zero-order valence-electron chi connectivity index (χ0n) is 28.3. The number of unbranched alkanes of at least 4 members (excludes halogenated alkanes) is 21. The first kappa shape index (κ1) is 42.8. The summed E-state index contributed by atoms with van der Waals surface area (Å²) in [6.45, 7) is 3.65. The van der Waals surface area contributed by atoms with Gasteiger partial charge in [0, 0.05) is 12.8 Å². The maximum Gasteiger partial charge on any atom is 0.469 e. The van der Waals surface area contributed by atoms with Gasteiger partial charge in [0.2, 0.25) is 0 Å². The Hall–Kier alpha value is -1.21. The number of phosphoric acid groups is 1. The van der Waals surface area contributed by atoms with Crippen molar-refractivity contribution in [2.75, 3.05) is 13.2 Å². The molecule has 9 heteroatoms. The minimum Gasteiger partial charge on any atom is -0.462 e. The van der Waals surface area contributed by atoms with Crippen molar-refractivity contribution < 1.29 is 37.9 Å². The lowest BCUT2D eigenvalue weighted by Gasteiger charge is -2.18. The normalized spacial score (nSPS) is 12.5. The van der Waals surface area contributed by atoms with Crippen LogP contribution < -0.4 is 0 Å². The first-order valence-electron chi connectivity index (χ1n) is 18.0. The second-order valence-electron chi connectivity index (χ2n) is 12.2. The lowest BCUT2D eigenvalue weighted by atomic mass is 10.1. The fourth-order valence-electron chi connectivity index (χ4n) is 5.07. The van der Waals surface area contributed by atoms with Gasteiger partial charge >= 0.3 is 19.8 Å². The summed E-state index contributed by atoms with van der Waals surface area (Å²) in [5.74, 6) is -0.890. The number of carbonyl (C=O) groups excluding carboxylic acids is 2. The number of phosphoric ester groups is 1. The molecule has 0 unspecified atom stereocenters. The molecule has 0 fully saturated rings. The maximum atomic E-state index is 12.3. The number of hydrogen-bond acceptors (Lipinski definition) is 6. The molecule has 0 saturated heterocycles. The summed E-state index contributed by atoms with van der Waals surface area (Å²) in [5, 5.41) is 0. The zero-order valence-corrected chi connectivity index (χ0v) is 29.2. The van der Waals surface area contributed by atoms with Crippen LogP contribution in [-0.2, 0) is 28.2 Å². The van der Waals surface area contributed by atoms with Crippen LogP contribution in [0.5, 0.6) is 0 Å². The fraction of sp³-hybridized carbons (Fsp3) is 0.886. The third-order valence-corrected chi connectivity index (χ3v) is 8.27. The Labute approximate surface area is 269 Å². The van der Waals surface area contributed by atoms with Crippen molar-refractivity contribution in [2.24, 2.45) is 0 Å². The first-order valence-corrected chi connectivity index (χ1v) is 19.5. The van der Waals surface area contributed by atoms with Crippen molar-refractivity contribution in [2.45, 2.75) is 187 Å². The third kappa shape index (κ3) is 33.7. The topological polar surface area (TPSA) is 119 Å². The van der Waals surface area contributed by atoms with E-state index in [0.717, 1.165) is 51.4 Å². The lowest BCUT2D eigenvalue weighted by Crippen LogP contribution is -2.29. The highest BCUT2D eigenvalue weighted by atomic mass is 31.2. The molecule has 0 aromatic carbocycles. The van der Waals surface area contributed by atoms with Gasteiger partial charge in [-0.25, -0.2) is 4.57 Å². The van der Waals surface area contributed by atoms with Gasteiger partial charge in [-0.1, -0.05) is 142 Å². The van der Waals surface area contributed by atoms with E-state index in [1.165, 1.54) is 96.3 Å². The summed E-state index contributed by atoms with van der Waals surface area (Å²) < 4.78 is 26.2. The van der Waals surface area contributed by atoms with Gasteiger partial charge in [-0.3, -0.25) is 14.1 Å². The highest BCUT2D eigenvalue weighted by Crippen LogP contribution is 2.36. The Morgan fingerprint density at radius 1 is 0.568 bits per heavy atom. The molecule has 0 aromatic heterocycles. The molecule has 0 saturated carbocycles. The Morgan fingerprint density at radius 3 is 1.39 bits per heavy atom. The van der Waals surface area contributed by atoms with E-state index >= 15 is 0 Å². The van der Waals surface area contributed by atoms with Crippen LogP contribution in [0.4, 0.5) is 0 Å². The molecule has 8 nitrogen and oxygen atoms in total. The van der Waals surface area contributed by atoms with Gasteiger partial charge in [-0.15, -0.1) is 0 Å². The van der Waals surface area contributed by atoms with Gasteiger partial charge in [-0.05, 0) is 38.5 Å². The summed E-state index contributed by atoms with van der Waals surface area (Å²) in [4.78, 5) is 42.6. The van der Waals surface area contributed by atoms with Crippen molar-refractivity contribution in [3.05, 3.63) is 12.2 Å². The van der Waals surface area contributed by atoms with Gasteiger partial charge < -0.3 is 19.3 Å². The molecule has 0 radical (unpaired) electrons. The third-order valence-electron chi connectivity index (χ3n) is 7.78. The Bertz CT molecular complexity index is 736.